The lowest BCUT2D eigenvalue weighted by molar-refractivity contribution is 0.879. The van der Waals surface area contributed by atoms with Gasteiger partial charge in [-0.3, -0.25) is 4.98 Å². The summed E-state index contributed by atoms with van der Waals surface area (Å²) in [6.07, 6.45) is 1.78. The van der Waals surface area contributed by atoms with Crippen molar-refractivity contribution in [3.63, 3.8) is 0 Å². The number of anilines is 1. The summed E-state index contributed by atoms with van der Waals surface area (Å²) in [5, 5.41) is 9.17. The normalized spacial score (nSPS) is 9.83. The molecular formula is C15H15N3. The molecule has 2 aromatic rings. The van der Waals surface area contributed by atoms with Crippen molar-refractivity contribution in [1.82, 2.24) is 4.98 Å². The molecule has 3 heteroatoms. The number of rotatable bonds is 3. The van der Waals surface area contributed by atoms with Crippen LogP contribution in [-0.4, -0.2) is 12.0 Å². The van der Waals surface area contributed by atoms with E-state index in [1.807, 2.05) is 50.4 Å². The molecule has 0 radical (unpaired) electrons. The molecule has 0 amide bonds. The first-order valence-corrected chi connectivity index (χ1v) is 5.83. The molecular weight excluding hydrogens is 222 g/mol. The van der Waals surface area contributed by atoms with Crippen molar-refractivity contribution in [2.75, 3.05) is 11.9 Å². The fraction of sp³-hybridized carbons (Fsp3) is 0.200. The lowest BCUT2D eigenvalue weighted by atomic mass is 10.1. The van der Waals surface area contributed by atoms with Crippen LogP contribution >= 0.6 is 0 Å². The Hall–Kier alpha value is -2.34. The van der Waals surface area contributed by atoms with Crippen LogP contribution in [0, 0.1) is 18.3 Å². The number of nitriles is 1. The Labute approximate surface area is 107 Å². The second-order valence-corrected chi connectivity index (χ2v) is 4.26. The van der Waals surface area contributed by atoms with Crippen molar-refractivity contribution < 1.29 is 0 Å². The highest BCUT2D eigenvalue weighted by Gasteiger charge is 2.10. The number of hydrogen-bond acceptors (Lipinski definition) is 3. The van der Waals surface area contributed by atoms with E-state index in [0.717, 1.165) is 16.9 Å². The van der Waals surface area contributed by atoms with E-state index in [0.29, 0.717) is 12.1 Å². The van der Waals surface area contributed by atoms with E-state index in [1.165, 1.54) is 0 Å². The van der Waals surface area contributed by atoms with E-state index >= 15 is 0 Å². The minimum atomic E-state index is 0.695. The highest BCUT2D eigenvalue weighted by molar-refractivity contribution is 5.63. The fourth-order valence-electron chi connectivity index (χ4n) is 2.07. The fourth-order valence-corrected chi connectivity index (χ4v) is 2.07. The van der Waals surface area contributed by atoms with Crippen LogP contribution in [0.1, 0.15) is 16.8 Å². The van der Waals surface area contributed by atoms with Gasteiger partial charge in [0, 0.05) is 13.2 Å². The lowest BCUT2D eigenvalue weighted by Crippen LogP contribution is -2.19. The topological polar surface area (TPSA) is 39.9 Å². The predicted octanol–water partition coefficient (Wildman–Crippen LogP) is 2.90. The van der Waals surface area contributed by atoms with Crippen molar-refractivity contribution in [2.24, 2.45) is 0 Å². The van der Waals surface area contributed by atoms with Crippen molar-refractivity contribution in [3.8, 4) is 6.07 Å². The van der Waals surface area contributed by atoms with Crippen LogP contribution in [-0.2, 0) is 6.54 Å². The molecule has 0 atom stereocenters. The molecule has 1 heterocycles. The Kier molecular flexibility index (Phi) is 3.59. The molecule has 0 fully saturated rings. The summed E-state index contributed by atoms with van der Waals surface area (Å²) in [7, 11) is 1.98. The van der Waals surface area contributed by atoms with Crippen LogP contribution in [0.3, 0.4) is 0 Å². The Morgan fingerprint density at radius 3 is 2.72 bits per heavy atom. The van der Waals surface area contributed by atoms with E-state index in [1.54, 1.807) is 6.20 Å². The first-order chi connectivity index (χ1) is 8.72. The van der Waals surface area contributed by atoms with Gasteiger partial charge < -0.3 is 4.90 Å². The molecule has 0 N–H and O–H groups in total. The van der Waals surface area contributed by atoms with E-state index in [4.69, 9.17) is 5.26 Å². The summed E-state index contributed by atoms with van der Waals surface area (Å²) in [4.78, 5) is 6.37. The zero-order valence-corrected chi connectivity index (χ0v) is 10.6. The van der Waals surface area contributed by atoms with Crippen LogP contribution in [0.4, 0.5) is 5.69 Å². The Morgan fingerprint density at radius 1 is 1.22 bits per heavy atom. The summed E-state index contributed by atoms with van der Waals surface area (Å²) >= 11 is 0. The van der Waals surface area contributed by atoms with E-state index in [-0.39, 0.29) is 0 Å². The quantitative estimate of drug-likeness (QED) is 0.824. The van der Waals surface area contributed by atoms with Gasteiger partial charge >= 0.3 is 0 Å². The van der Waals surface area contributed by atoms with E-state index < -0.39 is 0 Å². The van der Waals surface area contributed by atoms with Crippen LogP contribution in [0.5, 0.6) is 0 Å². The van der Waals surface area contributed by atoms with Crippen molar-refractivity contribution >= 4 is 5.69 Å². The Balaban J connectivity index is 2.30. The van der Waals surface area contributed by atoms with Crippen LogP contribution in [0.2, 0.25) is 0 Å². The molecule has 0 spiro atoms. The molecule has 0 unspecified atom stereocenters. The summed E-state index contributed by atoms with van der Waals surface area (Å²) in [6.45, 7) is 2.71. The maximum Gasteiger partial charge on any atom is 0.101 e. The summed E-state index contributed by atoms with van der Waals surface area (Å²) in [5.74, 6) is 0. The molecule has 3 nitrogen and oxygen atoms in total. The van der Waals surface area contributed by atoms with Crippen molar-refractivity contribution in [2.45, 2.75) is 13.5 Å². The van der Waals surface area contributed by atoms with Crippen LogP contribution in [0.15, 0.2) is 42.6 Å². The van der Waals surface area contributed by atoms with Gasteiger partial charge in [0.15, 0.2) is 0 Å². The lowest BCUT2D eigenvalue weighted by Gasteiger charge is -2.22. The van der Waals surface area contributed by atoms with Crippen LogP contribution < -0.4 is 4.90 Å². The highest BCUT2D eigenvalue weighted by atomic mass is 15.1. The monoisotopic (exact) mass is 237 g/mol. The zero-order valence-electron chi connectivity index (χ0n) is 10.6. The van der Waals surface area contributed by atoms with Crippen molar-refractivity contribution in [3.05, 3.63) is 59.4 Å². The second-order valence-electron chi connectivity index (χ2n) is 4.26. The number of aromatic nitrogens is 1. The third-order valence-corrected chi connectivity index (χ3v) is 2.87. The molecule has 2 rings (SSSR count). The first kappa shape index (κ1) is 12.1. The predicted molar refractivity (Wildman–Crippen MR) is 72.2 cm³/mol. The standard InChI is InChI=1S/C15H15N3/c1-12-6-5-7-13(10-16)15(12)18(2)11-14-8-3-4-9-17-14/h3-9H,11H2,1-2H3. The molecule has 0 saturated carbocycles. The summed E-state index contributed by atoms with van der Waals surface area (Å²) in [5.41, 5.74) is 3.78. The number of nitrogens with zero attached hydrogens (tertiary/aromatic N) is 3. The number of pyridine rings is 1. The number of aryl methyl sites for hydroxylation is 1. The second kappa shape index (κ2) is 5.33. The number of para-hydroxylation sites is 1. The number of benzene rings is 1. The van der Waals surface area contributed by atoms with Gasteiger partial charge in [0.1, 0.15) is 6.07 Å². The SMILES string of the molecule is Cc1cccc(C#N)c1N(C)Cc1ccccn1. The van der Waals surface area contributed by atoms with Gasteiger partial charge in [-0.25, -0.2) is 0 Å². The maximum absolute atomic E-state index is 9.17. The van der Waals surface area contributed by atoms with E-state index in [2.05, 4.69) is 16.0 Å². The molecule has 0 aliphatic heterocycles. The van der Waals surface area contributed by atoms with Crippen LogP contribution in [0.25, 0.3) is 0 Å². The van der Waals surface area contributed by atoms with E-state index in [9.17, 15) is 0 Å². The first-order valence-electron chi connectivity index (χ1n) is 5.83. The summed E-state index contributed by atoms with van der Waals surface area (Å²) < 4.78 is 0. The molecule has 1 aromatic carbocycles. The smallest absolute Gasteiger partial charge is 0.101 e. The molecule has 0 aliphatic rings. The number of hydrogen-bond donors (Lipinski definition) is 0. The Bertz CT molecular complexity index is 570. The highest BCUT2D eigenvalue weighted by Crippen LogP contribution is 2.24. The summed E-state index contributed by atoms with van der Waals surface area (Å²) in [6, 6.07) is 13.9. The molecule has 90 valence electrons. The van der Waals surface area contributed by atoms with Gasteiger partial charge in [-0.05, 0) is 30.7 Å². The molecule has 1 aromatic heterocycles. The minimum absolute atomic E-state index is 0.695. The molecule has 0 aliphatic carbocycles. The minimum Gasteiger partial charge on any atom is -0.367 e. The zero-order chi connectivity index (χ0) is 13.0. The third-order valence-electron chi connectivity index (χ3n) is 2.87. The Morgan fingerprint density at radius 2 is 2.06 bits per heavy atom. The van der Waals surface area contributed by atoms with Crippen molar-refractivity contribution in [1.29, 1.82) is 5.26 Å². The molecule has 0 saturated heterocycles. The molecule has 18 heavy (non-hydrogen) atoms. The van der Waals surface area contributed by atoms with Gasteiger partial charge in [0.05, 0.1) is 23.5 Å². The average Bonchev–Trinajstić information content (AvgIpc) is 2.39. The maximum atomic E-state index is 9.17. The third kappa shape index (κ3) is 2.49. The van der Waals surface area contributed by atoms with Gasteiger partial charge in [0.2, 0.25) is 0 Å². The van der Waals surface area contributed by atoms with Gasteiger partial charge in [-0.1, -0.05) is 18.2 Å². The van der Waals surface area contributed by atoms with Gasteiger partial charge in [-0.2, -0.15) is 5.26 Å². The molecule has 0 bridgehead atoms. The largest absolute Gasteiger partial charge is 0.367 e. The van der Waals surface area contributed by atoms with Gasteiger partial charge in [-0.15, -0.1) is 0 Å². The van der Waals surface area contributed by atoms with Gasteiger partial charge in [0.25, 0.3) is 0 Å². The average molecular weight is 237 g/mol.